The minimum Gasteiger partial charge on any atom is -0.334 e. The molecule has 2 aromatic rings. The summed E-state index contributed by atoms with van der Waals surface area (Å²) in [6.07, 6.45) is 3.96. The zero-order valence-electron chi connectivity index (χ0n) is 14.8. The van der Waals surface area contributed by atoms with Crippen LogP contribution < -0.4 is 10.6 Å². The van der Waals surface area contributed by atoms with Crippen LogP contribution in [0.15, 0.2) is 22.7 Å². The number of hydrogen-bond acceptors (Lipinski definition) is 5. The first-order valence-electron chi connectivity index (χ1n) is 9.06. The van der Waals surface area contributed by atoms with Crippen molar-refractivity contribution >= 4 is 11.6 Å². The van der Waals surface area contributed by atoms with Crippen LogP contribution in [-0.4, -0.2) is 29.1 Å². The van der Waals surface area contributed by atoms with Gasteiger partial charge in [-0.2, -0.15) is 4.98 Å². The van der Waals surface area contributed by atoms with Gasteiger partial charge in [-0.25, -0.2) is 0 Å². The van der Waals surface area contributed by atoms with Crippen LogP contribution in [0.3, 0.4) is 0 Å². The number of rotatable bonds is 4. The fourth-order valence-electron chi connectivity index (χ4n) is 3.82. The Hall–Kier alpha value is -2.21. The van der Waals surface area contributed by atoms with E-state index in [9.17, 15) is 4.79 Å². The van der Waals surface area contributed by atoms with Crippen molar-refractivity contribution in [2.45, 2.75) is 39.5 Å². The summed E-state index contributed by atoms with van der Waals surface area (Å²) in [6, 6.07) is 5.86. The molecular weight excluding hydrogens is 316 g/mol. The fourth-order valence-corrected chi connectivity index (χ4v) is 3.82. The van der Waals surface area contributed by atoms with Gasteiger partial charge < -0.3 is 15.2 Å². The lowest BCUT2D eigenvalue weighted by molar-refractivity contribution is -0.118. The predicted octanol–water partition coefficient (Wildman–Crippen LogP) is 2.94. The zero-order chi connectivity index (χ0) is 17.4. The van der Waals surface area contributed by atoms with Crippen LogP contribution in [0.25, 0.3) is 11.5 Å². The molecule has 1 aromatic carbocycles. The van der Waals surface area contributed by atoms with Gasteiger partial charge in [-0.1, -0.05) is 18.1 Å². The number of piperidine rings is 1. The molecule has 1 saturated carbocycles. The van der Waals surface area contributed by atoms with Gasteiger partial charge in [-0.15, -0.1) is 0 Å². The summed E-state index contributed by atoms with van der Waals surface area (Å²) in [5, 5.41) is 10.4. The number of nitrogens with one attached hydrogen (secondary N) is 2. The molecule has 1 atom stereocenters. The van der Waals surface area contributed by atoms with Crippen molar-refractivity contribution < 1.29 is 9.32 Å². The van der Waals surface area contributed by atoms with Gasteiger partial charge in [-0.05, 0) is 62.4 Å². The third kappa shape index (κ3) is 3.06. The third-order valence-corrected chi connectivity index (χ3v) is 5.63. The Morgan fingerprint density at radius 2 is 2.20 bits per heavy atom. The fraction of sp³-hybridized carbons (Fsp3) is 0.526. The number of anilines is 1. The molecule has 25 heavy (non-hydrogen) atoms. The smallest absolute Gasteiger partial charge is 0.257 e. The number of aromatic nitrogens is 2. The number of nitrogens with zero attached hydrogens (tertiary/aromatic N) is 2. The molecule has 6 nitrogen and oxygen atoms in total. The minimum atomic E-state index is 0.141. The van der Waals surface area contributed by atoms with Crippen LogP contribution in [0.1, 0.15) is 37.6 Å². The molecule has 1 saturated heterocycles. The van der Waals surface area contributed by atoms with E-state index >= 15 is 0 Å². The molecule has 0 radical (unpaired) electrons. The Labute approximate surface area is 147 Å². The lowest BCUT2D eigenvalue weighted by Crippen LogP contribution is -2.31. The van der Waals surface area contributed by atoms with Gasteiger partial charge >= 0.3 is 0 Å². The van der Waals surface area contributed by atoms with E-state index in [0.29, 0.717) is 11.7 Å². The molecule has 6 heteroatoms. The standard InChI is InChI=1S/C19H24N4O2/c1-3-16-22-18(25-23-16)13-5-4-12(2)15(10-13)21-17(24)14-11-19(14)6-8-20-9-7-19/h4-5,10,14,20H,3,6-9,11H2,1-2H3,(H,21,24). The van der Waals surface area contributed by atoms with Crippen LogP contribution in [0, 0.1) is 18.3 Å². The average Bonchev–Trinajstić information content (AvgIpc) is 3.10. The first-order chi connectivity index (χ1) is 12.1. The summed E-state index contributed by atoms with van der Waals surface area (Å²) in [6.45, 7) is 6.03. The normalized spacial score (nSPS) is 21.3. The summed E-state index contributed by atoms with van der Waals surface area (Å²) in [5.74, 6) is 1.47. The summed E-state index contributed by atoms with van der Waals surface area (Å²) in [4.78, 5) is 17.1. The summed E-state index contributed by atoms with van der Waals surface area (Å²) < 4.78 is 5.31. The summed E-state index contributed by atoms with van der Waals surface area (Å²) in [7, 11) is 0. The number of amides is 1. The van der Waals surface area contributed by atoms with Gasteiger partial charge in [0, 0.05) is 23.6 Å². The molecule has 1 unspecified atom stereocenters. The second-order valence-corrected chi connectivity index (χ2v) is 7.26. The van der Waals surface area contributed by atoms with E-state index in [1.54, 1.807) is 0 Å². The maximum Gasteiger partial charge on any atom is 0.257 e. The third-order valence-electron chi connectivity index (χ3n) is 5.63. The largest absolute Gasteiger partial charge is 0.334 e. The molecule has 2 heterocycles. The van der Waals surface area contributed by atoms with Gasteiger partial charge in [0.25, 0.3) is 5.89 Å². The van der Waals surface area contributed by atoms with E-state index in [4.69, 9.17) is 4.52 Å². The molecule has 2 aliphatic rings. The number of benzene rings is 1. The molecule has 1 aliphatic heterocycles. The number of carbonyl (C=O) groups is 1. The predicted molar refractivity (Wildman–Crippen MR) is 95.1 cm³/mol. The van der Waals surface area contributed by atoms with E-state index in [-0.39, 0.29) is 17.2 Å². The Morgan fingerprint density at radius 1 is 1.40 bits per heavy atom. The SMILES string of the molecule is CCc1noc(-c2ccc(C)c(NC(=O)C3CC34CCNCC4)c2)n1. The minimum absolute atomic E-state index is 0.141. The molecule has 1 spiro atoms. The highest BCUT2D eigenvalue weighted by atomic mass is 16.5. The number of carbonyl (C=O) groups excluding carboxylic acids is 1. The molecule has 2 N–H and O–H groups in total. The maximum atomic E-state index is 12.7. The van der Waals surface area contributed by atoms with E-state index < -0.39 is 0 Å². The van der Waals surface area contributed by atoms with Crippen molar-refractivity contribution in [1.82, 2.24) is 15.5 Å². The zero-order valence-corrected chi connectivity index (χ0v) is 14.8. The van der Waals surface area contributed by atoms with Crippen molar-refractivity contribution in [3.63, 3.8) is 0 Å². The van der Waals surface area contributed by atoms with Crippen molar-refractivity contribution in [3.05, 3.63) is 29.6 Å². The highest BCUT2D eigenvalue weighted by Crippen LogP contribution is 2.58. The van der Waals surface area contributed by atoms with E-state index in [1.807, 2.05) is 32.0 Å². The lowest BCUT2D eigenvalue weighted by Gasteiger charge is -2.23. The van der Waals surface area contributed by atoms with Crippen molar-refractivity contribution in [2.24, 2.45) is 11.3 Å². The molecule has 1 aromatic heterocycles. The van der Waals surface area contributed by atoms with Crippen LogP contribution in [0.5, 0.6) is 0 Å². The second-order valence-electron chi connectivity index (χ2n) is 7.26. The number of aryl methyl sites for hydroxylation is 2. The van der Waals surface area contributed by atoms with Crippen molar-refractivity contribution in [1.29, 1.82) is 0 Å². The van der Waals surface area contributed by atoms with Crippen LogP contribution >= 0.6 is 0 Å². The van der Waals surface area contributed by atoms with Gasteiger partial charge in [0.05, 0.1) is 0 Å². The van der Waals surface area contributed by atoms with Gasteiger partial charge in [0.15, 0.2) is 5.82 Å². The monoisotopic (exact) mass is 340 g/mol. The van der Waals surface area contributed by atoms with Crippen molar-refractivity contribution in [3.8, 4) is 11.5 Å². The number of hydrogen-bond donors (Lipinski definition) is 2. The summed E-state index contributed by atoms with van der Waals surface area (Å²) in [5.41, 5.74) is 2.94. The molecule has 1 aliphatic carbocycles. The van der Waals surface area contributed by atoms with E-state index in [1.165, 1.54) is 0 Å². The Morgan fingerprint density at radius 3 is 2.92 bits per heavy atom. The molecule has 2 fully saturated rings. The first kappa shape index (κ1) is 16.3. The van der Waals surface area contributed by atoms with Crippen molar-refractivity contribution in [2.75, 3.05) is 18.4 Å². The summed E-state index contributed by atoms with van der Waals surface area (Å²) >= 11 is 0. The highest BCUT2D eigenvalue weighted by molar-refractivity contribution is 5.96. The van der Waals surface area contributed by atoms with Gasteiger partial charge in [0.2, 0.25) is 5.91 Å². The van der Waals surface area contributed by atoms with Gasteiger partial charge in [0.1, 0.15) is 0 Å². The maximum absolute atomic E-state index is 12.7. The van der Waals surface area contributed by atoms with Crippen LogP contribution in [-0.2, 0) is 11.2 Å². The second kappa shape index (κ2) is 6.26. The topological polar surface area (TPSA) is 80.0 Å². The van der Waals surface area contributed by atoms with Gasteiger partial charge in [-0.3, -0.25) is 4.79 Å². The quantitative estimate of drug-likeness (QED) is 0.894. The molecule has 4 rings (SSSR count). The average molecular weight is 340 g/mol. The molecule has 132 valence electrons. The Balaban J connectivity index is 1.50. The lowest BCUT2D eigenvalue weighted by atomic mass is 9.91. The van der Waals surface area contributed by atoms with E-state index in [0.717, 1.165) is 55.6 Å². The Kier molecular flexibility index (Phi) is 4.07. The molecule has 1 amide bonds. The highest BCUT2D eigenvalue weighted by Gasteiger charge is 2.57. The van der Waals surface area contributed by atoms with Crippen LogP contribution in [0.2, 0.25) is 0 Å². The molecule has 0 bridgehead atoms. The van der Waals surface area contributed by atoms with Crippen LogP contribution in [0.4, 0.5) is 5.69 Å². The Bertz CT molecular complexity index is 792. The first-order valence-corrected chi connectivity index (χ1v) is 9.06. The van der Waals surface area contributed by atoms with E-state index in [2.05, 4.69) is 20.8 Å². The molecular formula is C19H24N4O2.